The van der Waals surface area contributed by atoms with Crippen LogP contribution in [0, 0.1) is 34.0 Å². The smallest absolute Gasteiger partial charge is 0.333 e. The first kappa shape index (κ1) is 28.4. The van der Waals surface area contributed by atoms with Crippen LogP contribution in [0.15, 0.2) is 45.8 Å². The van der Waals surface area contributed by atoms with Gasteiger partial charge < -0.3 is 18.6 Å². The molecule has 0 aromatic carbocycles. The number of carbonyl (C=O) groups is 4. The average Bonchev–Trinajstić information content (AvgIpc) is 3.45. The van der Waals surface area contributed by atoms with Crippen LogP contribution in [-0.4, -0.2) is 36.9 Å². The molecule has 4 aliphatic rings. The number of allylic oxidation sites excluding steroid dienone is 2. The Bertz CT molecular complexity index is 1300. The second-order valence-corrected chi connectivity index (χ2v) is 13.0. The van der Waals surface area contributed by atoms with E-state index in [9.17, 15) is 19.2 Å². The topological polar surface area (TPSA) is 109 Å². The second-order valence-electron chi connectivity index (χ2n) is 13.0. The van der Waals surface area contributed by atoms with Crippen molar-refractivity contribution in [3.05, 3.63) is 47.0 Å². The molecule has 0 amide bonds. The third kappa shape index (κ3) is 4.00. The summed E-state index contributed by atoms with van der Waals surface area (Å²) in [4.78, 5) is 53.3. The van der Waals surface area contributed by atoms with E-state index in [1.807, 2.05) is 26.8 Å². The summed E-state index contributed by atoms with van der Waals surface area (Å²) in [5, 5.41) is 0. The molecular formula is C32H40O8. The van der Waals surface area contributed by atoms with Crippen LogP contribution >= 0.6 is 0 Å². The lowest BCUT2D eigenvalue weighted by Gasteiger charge is -2.63. The van der Waals surface area contributed by atoms with Crippen molar-refractivity contribution < 1.29 is 37.8 Å². The van der Waals surface area contributed by atoms with E-state index in [-0.39, 0.29) is 30.5 Å². The van der Waals surface area contributed by atoms with Crippen LogP contribution in [0.25, 0.3) is 0 Å². The van der Waals surface area contributed by atoms with Gasteiger partial charge in [0.15, 0.2) is 0 Å². The molecule has 216 valence electrons. The molecule has 0 radical (unpaired) electrons. The molecule has 1 aliphatic heterocycles. The third-order valence-electron chi connectivity index (χ3n) is 10.8. The predicted octanol–water partition coefficient (Wildman–Crippen LogP) is 5.67. The van der Waals surface area contributed by atoms with E-state index in [0.717, 1.165) is 23.1 Å². The first-order valence-corrected chi connectivity index (χ1v) is 14.2. The minimum atomic E-state index is -0.894. The van der Waals surface area contributed by atoms with Crippen molar-refractivity contribution in [2.75, 3.05) is 7.11 Å². The number of rotatable bonds is 5. The van der Waals surface area contributed by atoms with Gasteiger partial charge in [0, 0.05) is 33.8 Å². The first-order chi connectivity index (χ1) is 18.8. The predicted molar refractivity (Wildman–Crippen MR) is 144 cm³/mol. The summed E-state index contributed by atoms with van der Waals surface area (Å²) >= 11 is 0. The highest BCUT2D eigenvalue weighted by atomic mass is 16.6. The molecule has 8 heteroatoms. The maximum absolute atomic E-state index is 14.5. The van der Waals surface area contributed by atoms with Crippen molar-refractivity contribution in [3.8, 4) is 0 Å². The SMILES string of the molecule is C/C=C(\C)C(=O)O[C@@H]1[C@@H]2CC3=C4CC(=O)O[C@@H](c5ccoc5)[C@]4(C)CC[C@@H]3[C@@](C)(C2=O)[C@@H](CC(=O)OC)C1(C)C. The van der Waals surface area contributed by atoms with Gasteiger partial charge in [0.1, 0.15) is 18.0 Å². The lowest BCUT2D eigenvalue weighted by atomic mass is 9.40. The summed E-state index contributed by atoms with van der Waals surface area (Å²) in [5.74, 6) is -2.32. The molecule has 0 unspecified atom stereocenters. The van der Waals surface area contributed by atoms with Crippen LogP contribution < -0.4 is 0 Å². The number of ether oxygens (including phenoxy) is 3. The Kier molecular flexibility index (Phi) is 6.91. The van der Waals surface area contributed by atoms with E-state index in [0.29, 0.717) is 18.4 Å². The molecule has 5 rings (SSSR count). The largest absolute Gasteiger partial charge is 0.472 e. The van der Waals surface area contributed by atoms with Gasteiger partial charge in [0.25, 0.3) is 0 Å². The van der Waals surface area contributed by atoms with Crippen LogP contribution in [0.4, 0.5) is 0 Å². The molecule has 8 nitrogen and oxygen atoms in total. The van der Waals surface area contributed by atoms with Crippen LogP contribution in [0.1, 0.15) is 85.3 Å². The fourth-order valence-corrected chi connectivity index (χ4v) is 8.52. The van der Waals surface area contributed by atoms with Gasteiger partial charge in [-0.15, -0.1) is 0 Å². The van der Waals surface area contributed by atoms with Crippen molar-refractivity contribution in [1.29, 1.82) is 0 Å². The van der Waals surface area contributed by atoms with Crippen LogP contribution in [-0.2, 0) is 33.4 Å². The van der Waals surface area contributed by atoms with Gasteiger partial charge in [-0.05, 0) is 56.6 Å². The van der Waals surface area contributed by atoms with Gasteiger partial charge in [0.2, 0.25) is 0 Å². The first-order valence-electron chi connectivity index (χ1n) is 14.2. The van der Waals surface area contributed by atoms with E-state index in [2.05, 4.69) is 6.92 Å². The molecule has 7 atom stereocenters. The average molecular weight is 553 g/mol. The summed E-state index contributed by atoms with van der Waals surface area (Å²) in [7, 11) is 1.35. The molecule has 1 aromatic heterocycles. The van der Waals surface area contributed by atoms with Gasteiger partial charge in [-0.25, -0.2) is 4.79 Å². The summed E-state index contributed by atoms with van der Waals surface area (Å²) in [5.41, 5.74) is 1.32. The number of ketones is 1. The quantitative estimate of drug-likeness (QED) is 0.199. The molecule has 0 spiro atoms. The maximum Gasteiger partial charge on any atom is 0.333 e. The number of fused-ring (bicyclic) bond motifs is 5. The van der Waals surface area contributed by atoms with Crippen LogP contribution in [0.5, 0.6) is 0 Å². The molecule has 40 heavy (non-hydrogen) atoms. The number of hydrogen-bond acceptors (Lipinski definition) is 8. The summed E-state index contributed by atoms with van der Waals surface area (Å²) < 4.78 is 22.5. The Balaban J connectivity index is 1.68. The fourth-order valence-electron chi connectivity index (χ4n) is 8.52. The highest BCUT2D eigenvalue weighted by molar-refractivity contribution is 5.93. The van der Waals surface area contributed by atoms with Crippen LogP contribution in [0.3, 0.4) is 0 Å². The lowest BCUT2D eigenvalue weighted by Crippen LogP contribution is -2.66. The molecule has 2 saturated carbocycles. The van der Waals surface area contributed by atoms with Crippen molar-refractivity contribution in [2.24, 2.45) is 34.0 Å². The zero-order valence-electron chi connectivity index (χ0n) is 24.5. The minimum Gasteiger partial charge on any atom is -0.472 e. The highest BCUT2D eigenvalue weighted by Crippen LogP contribution is 2.68. The molecule has 3 fully saturated rings. The molecule has 3 aliphatic carbocycles. The molecule has 2 heterocycles. The molecule has 2 bridgehead atoms. The summed E-state index contributed by atoms with van der Waals surface area (Å²) in [6, 6.07) is 1.83. The fraction of sp³-hybridized carbons (Fsp3) is 0.625. The van der Waals surface area contributed by atoms with Gasteiger partial charge in [0.05, 0.1) is 32.0 Å². The Morgan fingerprint density at radius 3 is 2.52 bits per heavy atom. The van der Waals surface area contributed by atoms with Crippen molar-refractivity contribution in [1.82, 2.24) is 0 Å². The lowest BCUT2D eigenvalue weighted by molar-refractivity contribution is -0.197. The standard InChI is InChI=1S/C32H40O8/c1-8-17(2)29(36)40-28-20-13-19-21(32(6,26(20)35)23(30(28,3)4)15-24(33)37-7)9-11-31(5)22(19)14-25(34)39-27(31)18-10-12-38-16-18/h8,10,12,16,20-21,23,27-28H,9,11,13-15H2,1-7H3/b17-8+/t20-,21+,23+,27+,28-,31-,32-/m1/s1. The highest BCUT2D eigenvalue weighted by Gasteiger charge is 2.68. The van der Waals surface area contributed by atoms with E-state index in [1.54, 1.807) is 32.4 Å². The van der Waals surface area contributed by atoms with Gasteiger partial charge in [-0.2, -0.15) is 0 Å². The number of esters is 3. The second kappa shape index (κ2) is 9.74. The summed E-state index contributed by atoms with van der Waals surface area (Å²) in [6.45, 7) is 11.6. The van der Waals surface area contributed by atoms with Crippen molar-refractivity contribution in [3.63, 3.8) is 0 Å². The number of methoxy groups -OCH3 is 1. The molecule has 1 saturated heterocycles. The minimum absolute atomic E-state index is 0.0272. The normalized spacial score (nSPS) is 36.8. The molecule has 1 aromatic rings. The third-order valence-corrected chi connectivity index (χ3v) is 10.8. The van der Waals surface area contributed by atoms with E-state index in [4.69, 9.17) is 18.6 Å². The number of furan rings is 1. The van der Waals surface area contributed by atoms with E-state index in [1.165, 1.54) is 7.11 Å². The molecule has 0 N–H and O–H groups in total. The van der Waals surface area contributed by atoms with E-state index < -0.39 is 52.2 Å². The zero-order valence-corrected chi connectivity index (χ0v) is 24.5. The van der Waals surface area contributed by atoms with Gasteiger partial charge in [-0.3, -0.25) is 14.4 Å². The monoisotopic (exact) mass is 552 g/mol. The number of hydrogen-bond donors (Lipinski definition) is 0. The number of Topliss-reactive ketones (excluding diaryl/α,β-unsaturated/α-hetero) is 1. The zero-order chi connectivity index (χ0) is 29.2. The maximum atomic E-state index is 14.5. The van der Waals surface area contributed by atoms with Crippen LogP contribution in [0.2, 0.25) is 0 Å². The number of cyclic esters (lactones) is 1. The van der Waals surface area contributed by atoms with E-state index >= 15 is 0 Å². The Hall–Kier alpha value is -3.16. The van der Waals surface area contributed by atoms with Crippen molar-refractivity contribution in [2.45, 2.75) is 85.9 Å². The summed E-state index contributed by atoms with van der Waals surface area (Å²) in [6.07, 6.45) is 5.69. The Labute approximate surface area is 235 Å². The Morgan fingerprint density at radius 2 is 1.90 bits per heavy atom. The van der Waals surface area contributed by atoms with Gasteiger partial charge in [-0.1, -0.05) is 39.3 Å². The Morgan fingerprint density at radius 1 is 1.18 bits per heavy atom. The van der Waals surface area contributed by atoms with Gasteiger partial charge >= 0.3 is 17.9 Å². The number of carbonyl (C=O) groups excluding carboxylic acids is 4. The molecular weight excluding hydrogens is 512 g/mol. The van der Waals surface area contributed by atoms with Crippen molar-refractivity contribution >= 4 is 23.7 Å².